The molecule has 1 fully saturated rings. The largest absolute Gasteiger partial charge is 0.366 e. The molecule has 0 aliphatic heterocycles. The highest BCUT2D eigenvalue weighted by Crippen LogP contribution is 2.52. The third-order valence-corrected chi connectivity index (χ3v) is 2.72. The lowest BCUT2D eigenvalue weighted by Gasteiger charge is -2.14. The van der Waals surface area contributed by atoms with Crippen LogP contribution < -0.4 is 0 Å². The van der Waals surface area contributed by atoms with E-state index in [-0.39, 0.29) is 5.92 Å². The van der Waals surface area contributed by atoms with Crippen LogP contribution in [0.2, 0.25) is 0 Å². The van der Waals surface area contributed by atoms with Crippen LogP contribution in [0, 0.1) is 17.8 Å². The number of hydrogen-bond acceptors (Lipinski definition) is 1. The maximum atomic E-state index is 5.80. The van der Waals surface area contributed by atoms with E-state index in [9.17, 15) is 0 Å². The van der Waals surface area contributed by atoms with Gasteiger partial charge in [0.15, 0.2) is 0 Å². The number of rotatable bonds is 1. The van der Waals surface area contributed by atoms with Gasteiger partial charge in [-0.05, 0) is 20.3 Å². The Kier molecular flexibility index (Phi) is 2.63. The second-order valence-electron chi connectivity index (χ2n) is 3.50. The standard InChI is InChI=1S/C9H12Cl2O/c1-8(2,12-3)5-4-7-6-9(7,10)11/h7H,6H2,1-3H3. The van der Waals surface area contributed by atoms with Crippen LogP contribution in [0.3, 0.4) is 0 Å². The Morgan fingerprint density at radius 2 is 2.00 bits per heavy atom. The molecule has 12 heavy (non-hydrogen) atoms. The molecule has 1 saturated carbocycles. The average molecular weight is 207 g/mol. The van der Waals surface area contributed by atoms with Gasteiger partial charge in [-0.25, -0.2) is 0 Å². The Morgan fingerprint density at radius 3 is 2.33 bits per heavy atom. The van der Waals surface area contributed by atoms with Gasteiger partial charge in [0.2, 0.25) is 0 Å². The van der Waals surface area contributed by atoms with Gasteiger partial charge in [-0.2, -0.15) is 0 Å². The second-order valence-corrected chi connectivity index (χ2v) is 5.04. The maximum Gasteiger partial charge on any atom is 0.133 e. The Labute approximate surface area is 83.4 Å². The second kappa shape index (κ2) is 3.10. The summed E-state index contributed by atoms with van der Waals surface area (Å²) in [6, 6.07) is 0. The van der Waals surface area contributed by atoms with E-state index in [0.29, 0.717) is 0 Å². The molecule has 0 aromatic carbocycles. The molecule has 0 N–H and O–H groups in total. The zero-order valence-electron chi connectivity index (χ0n) is 7.45. The molecule has 1 aliphatic rings. The molecular weight excluding hydrogens is 195 g/mol. The normalized spacial score (nSPS) is 25.9. The van der Waals surface area contributed by atoms with Gasteiger partial charge in [-0.1, -0.05) is 11.8 Å². The van der Waals surface area contributed by atoms with Gasteiger partial charge < -0.3 is 4.74 Å². The van der Waals surface area contributed by atoms with Crippen molar-refractivity contribution in [2.75, 3.05) is 7.11 Å². The summed E-state index contributed by atoms with van der Waals surface area (Å²) in [5.74, 6) is 6.10. The van der Waals surface area contributed by atoms with Crippen molar-refractivity contribution < 1.29 is 4.74 Å². The number of halogens is 2. The minimum atomic E-state index is -0.600. The van der Waals surface area contributed by atoms with Crippen molar-refractivity contribution in [2.24, 2.45) is 5.92 Å². The van der Waals surface area contributed by atoms with E-state index < -0.39 is 9.93 Å². The lowest BCUT2D eigenvalue weighted by molar-refractivity contribution is 0.0740. The fraction of sp³-hybridized carbons (Fsp3) is 0.778. The Bertz CT molecular complexity index is 235. The SMILES string of the molecule is COC(C)(C)C#CC1CC1(Cl)Cl. The highest BCUT2D eigenvalue weighted by molar-refractivity contribution is 6.51. The smallest absolute Gasteiger partial charge is 0.133 e. The molecule has 0 spiro atoms. The monoisotopic (exact) mass is 206 g/mol. The van der Waals surface area contributed by atoms with Gasteiger partial charge in [-0.15, -0.1) is 23.2 Å². The first-order valence-electron chi connectivity index (χ1n) is 3.83. The third-order valence-electron chi connectivity index (χ3n) is 1.88. The van der Waals surface area contributed by atoms with Crippen molar-refractivity contribution >= 4 is 23.2 Å². The topological polar surface area (TPSA) is 9.23 Å². The zero-order valence-corrected chi connectivity index (χ0v) is 8.96. The molecule has 1 atom stereocenters. The third kappa shape index (κ3) is 2.55. The average Bonchev–Trinajstić information content (AvgIpc) is 2.56. The van der Waals surface area contributed by atoms with Crippen LogP contribution in [0.25, 0.3) is 0 Å². The summed E-state index contributed by atoms with van der Waals surface area (Å²) in [6.45, 7) is 3.82. The van der Waals surface area contributed by atoms with Gasteiger partial charge in [0, 0.05) is 7.11 Å². The molecule has 0 saturated heterocycles. The Hall–Kier alpha value is 0.100. The molecule has 68 valence electrons. The van der Waals surface area contributed by atoms with Gasteiger partial charge >= 0.3 is 0 Å². The fourth-order valence-corrected chi connectivity index (χ4v) is 1.10. The summed E-state index contributed by atoms with van der Waals surface area (Å²) >= 11 is 11.6. The summed E-state index contributed by atoms with van der Waals surface area (Å²) in [5.41, 5.74) is -0.396. The van der Waals surface area contributed by atoms with E-state index in [4.69, 9.17) is 27.9 Å². The predicted molar refractivity (Wildman–Crippen MR) is 51.4 cm³/mol. The maximum absolute atomic E-state index is 5.80. The van der Waals surface area contributed by atoms with E-state index in [1.807, 2.05) is 13.8 Å². The van der Waals surface area contributed by atoms with E-state index in [0.717, 1.165) is 6.42 Å². The summed E-state index contributed by atoms with van der Waals surface area (Å²) in [5, 5.41) is 0. The van der Waals surface area contributed by atoms with Crippen molar-refractivity contribution in [3.63, 3.8) is 0 Å². The number of alkyl halides is 2. The fourth-order valence-electron chi connectivity index (χ4n) is 0.682. The molecule has 0 radical (unpaired) electrons. The van der Waals surface area contributed by atoms with Gasteiger partial charge in [0.25, 0.3) is 0 Å². The number of methoxy groups -OCH3 is 1. The molecule has 0 heterocycles. The van der Waals surface area contributed by atoms with Crippen LogP contribution in [0.1, 0.15) is 20.3 Å². The van der Waals surface area contributed by atoms with E-state index in [2.05, 4.69) is 11.8 Å². The number of hydrogen-bond donors (Lipinski definition) is 0. The molecule has 0 bridgehead atoms. The summed E-state index contributed by atoms with van der Waals surface area (Å²) in [7, 11) is 1.64. The molecule has 0 aromatic heterocycles. The van der Waals surface area contributed by atoms with E-state index in [1.54, 1.807) is 7.11 Å². The first-order valence-corrected chi connectivity index (χ1v) is 4.59. The van der Waals surface area contributed by atoms with Crippen molar-refractivity contribution in [2.45, 2.75) is 30.2 Å². The lowest BCUT2D eigenvalue weighted by Crippen LogP contribution is -2.19. The molecule has 1 unspecified atom stereocenters. The molecular formula is C9H12Cl2O. The van der Waals surface area contributed by atoms with Gasteiger partial charge in [-0.3, -0.25) is 0 Å². The highest BCUT2D eigenvalue weighted by atomic mass is 35.5. The Morgan fingerprint density at radius 1 is 1.50 bits per heavy atom. The van der Waals surface area contributed by atoms with Crippen LogP contribution in [0.5, 0.6) is 0 Å². The van der Waals surface area contributed by atoms with Crippen molar-refractivity contribution in [1.82, 2.24) is 0 Å². The summed E-state index contributed by atoms with van der Waals surface area (Å²) in [4.78, 5) is 0. The lowest BCUT2D eigenvalue weighted by atomic mass is 10.1. The van der Waals surface area contributed by atoms with Crippen molar-refractivity contribution in [1.29, 1.82) is 0 Å². The molecule has 0 amide bonds. The first-order chi connectivity index (χ1) is 5.37. The minimum absolute atomic E-state index is 0.121. The molecule has 1 rings (SSSR count). The van der Waals surface area contributed by atoms with Crippen LogP contribution in [0.4, 0.5) is 0 Å². The van der Waals surface area contributed by atoms with Crippen LogP contribution in [-0.4, -0.2) is 17.0 Å². The Balaban J connectivity index is 2.51. The molecule has 1 nitrogen and oxygen atoms in total. The molecule has 3 heteroatoms. The van der Waals surface area contributed by atoms with Crippen LogP contribution in [0.15, 0.2) is 0 Å². The minimum Gasteiger partial charge on any atom is -0.366 e. The quantitative estimate of drug-likeness (QED) is 0.474. The number of ether oxygens (including phenoxy) is 1. The summed E-state index contributed by atoms with van der Waals surface area (Å²) in [6.07, 6.45) is 0.767. The van der Waals surface area contributed by atoms with E-state index >= 15 is 0 Å². The first kappa shape index (κ1) is 10.2. The van der Waals surface area contributed by atoms with Crippen LogP contribution >= 0.6 is 23.2 Å². The van der Waals surface area contributed by atoms with E-state index in [1.165, 1.54) is 0 Å². The van der Waals surface area contributed by atoms with Crippen molar-refractivity contribution in [3.05, 3.63) is 0 Å². The molecule has 0 aromatic rings. The van der Waals surface area contributed by atoms with Crippen LogP contribution in [-0.2, 0) is 4.74 Å². The predicted octanol–water partition coefficient (Wildman–Crippen LogP) is 2.61. The van der Waals surface area contributed by atoms with Crippen molar-refractivity contribution in [3.8, 4) is 11.8 Å². The summed E-state index contributed by atoms with van der Waals surface area (Å²) < 4.78 is 4.52. The highest BCUT2D eigenvalue weighted by Gasteiger charge is 2.50. The molecule has 1 aliphatic carbocycles. The zero-order chi connectivity index (χ0) is 9.41. The van der Waals surface area contributed by atoms with Gasteiger partial charge in [0.1, 0.15) is 9.93 Å². The van der Waals surface area contributed by atoms with Gasteiger partial charge in [0.05, 0.1) is 5.92 Å².